The van der Waals surface area contributed by atoms with Gasteiger partial charge in [0.15, 0.2) is 0 Å². The van der Waals surface area contributed by atoms with Crippen molar-refractivity contribution >= 4 is 0 Å². The fraction of sp³-hybridized carbons (Fsp3) is 0.308. The first kappa shape index (κ1) is 11.5. The monoisotopic (exact) mass is 229 g/mol. The van der Waals surface area contributed by atoms with Crippen molar-refractivity contribution in [2.24, 2.45) is 5.73 Å². The summed E-state index contributed by atoms with van der Waals surface area (Å²) in [6.45, 7) is 2.02. The van der Waals surface area contributed by atoms with Crippen LogP contribution < -0.4 is 5.73 Å². The van der Waals surface area contributed by atoms with Crippen molar-refractivity contribution < 1.29 is 4.42 Å². The molecule has 4 heteroatoms. The number of nitrogens with two attached hydrogens (primary N) is 1. The molecule has 0 amide bonds. The van der Waals surface area contributed by atoms with Gasteiger partial charge in [0.1, 0.15) is 23.6 Å². The van der Waals surface area contributed by atoms with Crippen LogP contribution in [0.4, 0.5) is 0 Å². The fourth-order valence-electron chi connectivity index (χ4n) is 1.97. The summed E-state index contributed by atoms with van der Waals surface area (Å²) in [6, 6.07) is 9.30. The first-order valence-electron chi connectivity index (χ1n) is 5.63. The van der Waals surface area contributed by atoms with Gasteiger partial charge in [0.2, 0.25) is 0 Å². The second-order valence-electron chi connectivity index (χ2n) is 3.94. The maximum absolute atomic E-state index is 9.07. The highest BCUT2D eigenvalue weighted by atomic mass is 16.3. The largest absolute Gasteiger partial charge is 0.467 e. The van der Waals surface area contributed by atoms with Crippen LogP contribution in [0.25, 0.3) is 0 Å². The molecule has 0 radical (unpaired) electrons. The Morgan fingerprint density at radius 2 is 2.29 bits per heavy atom. The second-order valence-corrected chi connectivity index (χ2v) is 3.94. The van der Waals surface area contributed by atoms with Gasteiger partial charge >= 0.3 is 0 Å². The molecule has 0 spiro atoms. The third-order valence-electron chi connectivity index (χ3n) is 2.90. The lowest BCUT2D eigenvalue weighted by molar-refractivity contribution is 0.372. The Bertz CT molecular complexity index is 507. The van der Waals surface area contributed by atoms with Crippen LogP contribution in [-0.4, -0.2) is 10.6 Å². The standard InChI is InChI=1S/C13H15N3O/c1-2-11(15)13(12-6-4-8-17-12)16-7-3-5-10(16)9-14/h3-8,11,13H,2,15H2,1H3. The van der Waals surface area contributed by atoms with Crippen LogP contribution in [0.3, 0.4) is 0 Å². The van der Waals surface area contributed by atoms with E-state index in [1.54, 1.807) is 12.3 Å². The van der Waals surface area contributed by atoms with Crippen molar-refractivity contribution in [3.8, 4) is 6.07 Å². The van der Waals surface area contributed by atoms with Crippen LogP contribution in [0.15, 0.2) is 41.1 Å². The molecule has 0 bridgehead atoms. The van der Waals surface area contributed by atoms with Gasteiger partial charge in [-0.15, -0.1) is 0 Å². The SMILES string of the molecule is CCC(N)C(c1ccco1)n1cccc1C#N. The van der Waals surface area contributed by atoms with Crippen molar-refractivity contribution in [3.63, 3.8) is 0 Å². The zero-order valence-corrected chi connectivity index (χ0v) is 9.71. The predicted octanol–water partition coefficient (Wildman–Crippen LogP) is 2.28. The molecule has 4 nitrogen and oxygen atoms in total. The molecule has 0 aromatic carbocycles. The molecule has 2 N–H and O–H groups in total. The molecule has 2 aromatic rings. The first-order chi connectivity index (χ1) is 8.27. The highest BCUT2D eigenvalue weighted by molar-refractivity contribution is 5.25. The van der Waals surface area contributed by atoms with E-state index in [1.165, 1.54) is 0 Å². The molecule has 2 atom stereocenters. The zero-order valence-electron chi connectivity index (χ0n) is 9.71. The maximum Gasteiger partial charge on any atom is 0.128 e. The van der Waals surface area contributed by atoms with Crippen LogP contribution in [0.2, 0.25) is 0 Å². The lowest BCUT2D eigenvalue weighted by Crippen LogP contribution is -2.32. The maximum atomic E-state index is 9.07. The van der Waals surface area contributed by atoms with Crippen LogP contribution in [-0.2, 0) is 0 Å². The molecule has 0 fully saturated rings. The van der Waals surface area contributed by atoms with Gasteiger partial charge in [-0.1, -0.05) is 6.92 Å². The van der Waals surface area contributed by atoms with E-state index in [1.807, 2.05) is 35.9 Å². The van der Waals surface area contributed by atoms with E-state index < -0.39 is 0 Å². The first-order valence-corrected chi connectivity index (χ1v) is 5.63. The quantitative estimate of drug-likeness (QED) is 0.874. The van der Waals surface area contributed by atoms with Gasteiger partial charge in [-0.3, -0.25) is 0 Å². The van der Waals surface area contributed by atoms with E-state index in [4.69, 9.17) is 15.4 Å². The molecule has 2 rings (SSSR count). The summed E-state index contributed by atoms with van der Waals surface area (Å²) < 4.78 is 7.30. The van der Waals surface area contributed by atoms with E-state index in [-0.39, 0.29) is 12.1 Å². The van der Waals surface area contributed by atoms with Crippen LogP contribution in [0, 0.1) is 11.3 Å². The highest BCUT2D eigenvalue weighted by Crippen LogP contribution is 2.25. The summed E-state index contributed by atoms with van der Waals surface area (Å²) in [6.07, 6.45) is 4.30. The Morgan fingerprint density at radius 1 is 1.47 bits per heavy atom. The third kappa shape index (κ3) is 2.10. The number of rotatable bonds is 4. The average Bonchev–Trinajstić information content (AvgIpc) is 3.00. The van der Waals surface area contributed by atoms with E-state index in [0.717, 1.165) is 12.2 Å². The molecular weight excluding hydrogens is 214 g/mol. The number of hydrogen-bond acceptors (Lipinski definition) is 3. The molecule has 0 saturated heterocycles. The minimum Gasteiger partial charge on any atom is -0.467 e. The van der Waals surface area contributed by atoms with E-state index in [9.17, 15) is 0 Å². The Labute approximate surface area is 100 Å². The molecule has 0 aliphatic carbocycles. The summed E-state index contributed by atoms with van der Waals surface area (Å²) >= 11 is 0. The Kier molecular flexibility index (Phi) is 3.31. The molecule has 88 valence electrons. The third-order valence-corrected chi connectivity index (χ3v) is 2.90. The van der Waals surface area contributed by atoms with Gasteiger partial charge in [0, 0.05) is 12.2 Å². The van der Waals surface area contributed by atoms with Crippen molar-refractivity contribution in [1.29, 1.82) is 5.26 Å². The fourth-order valence-corrected chi connectivity index (χ4v) is 1.97. The van der Waals surface area contributed by atoms with Crippen LogP contribution in [0.5, 0.6) is 0 Å². The lowest BCUT2D eigenvalue weighted by Gasteiger charge is -2.23. The summed E-state index contributed by atoms with van der Waals surface area (Å²) in [5, 5.41) is 9.07. The van der Waals surface area contributed by atoms with Gasteiger partial charge in [-0.25, -0.2) is 0 Å². The Morgan fingerprint density at radius 3 is 2.88 bits per heavy atom. The van der Waals surface area contributed by atoms with Crippen LogP contribution >= 0.6 is 0 Å². The van der Waals surface area contributed by atoms with E-state index in [0.29, 0.717) is 5.69 Å². The van der Waals surface area contributed by atoms with Crippen molar-refractivity contribution in [2.45, 2.75) is 25.4 Å². The smallest absolute Gasteiger partial charge is 0.128 e. The minimum absolute atomic E-state index is 0.0827. The number of furan rings is 1. The molecule has 0 aliphatic heterocycles. The Balaban J connectivity index is 2.45. The van der Waals surface area contributed by atoms with E-state index >= 15 is 0 Å². The van der Waals surface area contributed by atoms with Gasteiger partial charge in [0.05, 0.1) is 6.26 Å². The number of hydrogen-bond donors (Lipinski definition) is 1. The predicted molar refractivity (Wildman–Crippen MR) is 64.3 cm³/mol. The molecular formula is C13H15N3O. The molecule has 2 unspecified atom stereocenters. The van der Waals surface area contributed by atoms with Gasteiger partial charge in [0.25, 0.3) is 0 Å². The van der Waals surface area contributed by atoms with Crippen molar-refractivity contribution in [3.05, 3.63) is 48.2 Å². The normalized spacial score (nSPS) is 14.2. The van der Waals surface area contributed by atoms with Gasteiger partial charge in [-0.05, 0) is 30.7 Å². The topological polar surface area (TPSA) is 67.9 Å². The minimum atomic E-state index is -0.125. The van der Waals surface area contributed by atoms with Crippen LogP contribution in [0.1, 0.15) is 30.8 Å². The lowest BCUT2D eigenvalue weighted by atomic mass is 10.0. The number of nitrogens with zero attached hydrogens (tertiary/aromatic N) is 2. The van der Waals surface area contributed by atoms with E-state index in [2.05, 4.69) is 6.07 Å². The summed E-state index contributed by atoms with van der Waals surface area (Å²) in [7, 11) is 0. The van der Waals surface area contributed by atoms with Gasteiger partial charge < -0.3 is 14.7 Å². The second kappa shape index (κ2) is 4.89. The summed E-state index contributed by atoms with van der Waals surface area (Å²) in [5.41, 5.74) is 6.73. The summed E-state index contributed by atoms with van der Waals surface area (Å²) in [5.74, 6) is 0.784. The Hall–Kier alpha value is -1.99. The highest BCUT2D eigenvalue weighted by Gasteiger charge is 2.24. The zero-order chi connectivity index (χ0) is 12.3. The molecule has 0 aliphatic rings. The average molecular weight is 229 g/mol. The van der Waals surface area contributed by atoms with Gasteiger partial charge in [-0.2, -0.15) is 5.26 Å². The number of nitriles is 1. The molecule has 2 heterocycles. The van der Waals surface area contributed by atoms with Crippen molar-refractivity contribution in [2.75, 3.05) is 0 Å². The van der Waals surface area contributed by atoms with Crippen molar-refractivity contribution in [1.82, 2.24) is 4.57 Å². The number of aromatic nitrogens is 1. The molecule has 0 saturated carbocycles. The molecule has 17 heavy (non-hydrogen) atoms. The summed E-state index contributed by atoms with van der Waals surface area (Å²) in [4.78, 5) is 0. The molecule has 2 aromatic heterocycles.